The van der Waals surface area contributed by atoms with E-state index in [0.29, 0.717) is 25.7 Å². The number of rotatable bonds is 9. The molecule has 2 atom stereocenters. The van der Waals surface area contributed by atoms with Crippen LogP contribution in [0.25, 0.3) is 0 Å². The molecule has 1 N–H and O–H groups in total. The smallest absolute Gasteiger partial charge is 0.444 e. The first-order chi connectivity index (χ1) is 18.3. The maximum absolute atomic E-state index is 13.3. The summed E-state index contributed by atoms with van der Waals surface area (Å²) in [5.74, 6) is -2.16. The molecule has 39 heavy (non-hydrogen) atoms. The molecule has 2 unspecified atom stereocenters. The molecule has 2 aliphatic rings. The van der Waals surface area contributed by atoms with Gasteiger partial charge in [-0.25, -0.2) is 4.79 Å². The Morgan fingerprint density at radius 2 is 1.67 bits per heavy atom. The summed E-state index contributed by atoms with van der Waals surface area (Å²) in [6.45, 7) is 5.61. The van der Waals surface area contributed by atoms with Crippen LogP contribution in [0.3, 0.4) is 0 Å². The van der Waals surface area contributed by atoms with Crippen LogP contribution >= 0.6 is 0 Å². The van der Waals surface area contributed by atoms with Gasteiger partial charge in [-0.1, -0.05) is 30.3 Å². The maximum atomic E-state index is 13.3. The van der Waals surface area contributed by atoms with Crippen molar-refractivity contribution in [2.45, 2.75) is 108 Å². The number of amides is 2. The molecule has 3 rings (SSSR count). The van der Waals surface area contributed by atoms with Gasteiger partial charge in [0.25, 0.3) is 0 Å². The summed E-state index contributed by atoms with van der Waals surface area (Å²) in [6, 6.07) is 8.83. The van der Waals surface area contributed by atoms with Crippen LogP contribution in [0.4, 0.5) is 18.0 Å². The summed E-state index contributed by atoms with van der Waals surface area (Å²) >= 11 is 0. The van der Waals surface area contributed by atoms with Crippen molar-refractivity contribution in [3.63, 3.8) is 0 Å². The van der Waals surface area contributed by atoms with Crippen LogP contribution in [0.15, 0.2) is 30.3 Å². The Morgan fingerprint density at radius 1 is 1.05 bits per heavy atom. The lowest BCUT2D eigenvalue weighted by atomic mass is 9.78. The van der Waals surface area contributed by atoms with Gasteiger partial charge in [0.1, 0.15) is 11.9 Å². The van der Waals surface area contributed by atoms with Gasteiger partial charge in [0, 0.05) is 13.0 Å². The molecule has 1 saturated heterocycles. The molecule has 218 valence electrons. The van der Waals surface area contributed by atoms with Crippen LogP contribution in [0.5, 0.6) is 0 Å². The molecule has 1 aromatic carbocycles. The van der Waals surface area contributed by atoms with Crippen LogP contribution < -0.4 is 5.32 Å². The number of halogens is 3. The lowest BCUT2D eigenvalue weighted by Crippen LogP contribution is -2.69. The van der Waals surface area contributed by atoms with E-state index in [0.717, 1.165) is 18.4 Å². The molecule has 2 amide bonds. The van der Waals surface area contributed by atoms with Crippen LogP contribution in [-0.2, 0) is 30.4 Å². The zero-order chi connectivity index (χ0) is 28.7. The number of carbonyl (C=O) groups excluding carboxylic acids is 3. The highest BCUT2D eigenvalue weighted by atomic mass is 19.4. The highest BCUT2D eigenvalue weighted by Crippen LogP contribution is 2.34. The van der Waals surface area contributed by atoms with E-state index >= 15 is 0 Å². The first kappa shape index (κ1) is 30.9. The number of carbonyl (C=O) groups is 3. The van der Waals surface area contributed by atoms with Crippen LogP contribution in [0.2, 0.25) is 0 Å². The van der Waals surface area contributed by atoms with Crippen LogP contribution in [0, 0.1) is 0 Å². The standard InChI is InChI=1S/C28H39F3N2O6/c1-26(2,3)39-25(36)33-16-7-14-27(15-17-34,32-24(35)28(29,30)31)23(33)19-38-22-12-10-21(11-13-22)37-18-20-8-5-4-6-9-20/h4-6,8-9,17,21-23H,7,10-16,18-19H2,1-3H3,(H,32,35). The van der Waals surface area contributed by atoms with E-state index in [2.05, 4.69) is 5.32 Å². The monoisotopic (exact) mass is 556 g/mol. The number of alkyl halides is 3. The topological polar surface area (TPSA) is 94.2 Å². The number of piperidine rings is 1. The second kappa shape index (κ2) is 13.1. The minimum atomic E-state index is -5.15. The number of hydrogen-bond donors (Lipinski definition) is 1. The normalized spacial score (nSPS) is 26.1. The lowest BCUT2D eigenvalue weighted by Gasteiger charge is -2.49. The molecule has 0 aromatic heterocycles. The summed E-state index contributed by atoms with van der Waals surface area (Å²) in [5.41, 5.74) is -1.40. The van der Waals surface area contributed by atoms with E-state index in [1.807, 2.05) is 30.3 Å². The largest absolute Gasteiger partial charge is 0.471 e. The van der Waals surface area contributed by atoms with E-state index in [1.165, 1.54) is 4.90 Å². The minimum absolute atomic E-state index is 0.0678. The lowest BCUT2D eigenvalue weighted by molar-refractivity contribution is -0.178. The van der Waals surface area contributed by atoms with Crippen molar-refractivity contribution in [2.24, 2.45) is 0 Å². The number of likely N-dealkylation sites (tertiary alicyclic amines) is 1. The van der Waals surface area contributed by atoms with Crippen molar-refractivity contribution in [1.29, 1.82) is 0 Å². The third-order valence-corrected chi connectivity index (χ3v) is 7.17. The molecule has 1 aliphatic carbocycles. The minimum Gasteiger partial charge on any atom is -0.444 e. The van der Waals surface area contributed by atoms with E-state index in [4.69, 9.17) is 14.2 Å². The summed E-state index contributed by atoms with van der Waals surface area (Å²) in [4.78, 5) is 38.1. The molecule has 8 nitrogen and oxygen atoms in total. The zero-order valence-corrected chi connectivity index (χ0v) is 22.8. The highest BCUT2D eigenvalue weighted by Gasteiger charge is 2.52. The maximum Gasteiger partial charge on any atom is 0.471 e. The first-order valence-electron chi connectivity index (χ1n) is 13.4. The Labute approximate surface area is 227 Å². The average Bonchev–Trinajstić information content (AvgIpc) is 2.86. The van der Waals surface area contributed by atoms with Gasteiger partial charge in [-0.05, 0) is 64.9 Å². The van der Waals surface area contributed by atoms with Crippen LogP contribution in [0.1, 0.15) is 71.3 Å². The number of aldehydes is 1. The molecule has 0 bridgehead atoms. The van der Waals surface area contributed by atoms with Gasteiger partial charge < -0.3 is 29.2 Å². The van der Waals surface area contributed by atoms with Crippen molar-refractivity contribution in [3.8, 4) is 0 Å². The number of nitrogens with zero attached hydrogens (tertiary/aromatic N) is 1. The second-order valence-corrected chi connectivity index (χ2v) is 11.3. The van der Waals surface area contributed by atoms with Crippen LogP contribution in [-0.4, -0.2) is 71.9 Å². The molecular formula is C28H39F3N2O6. The van der Waals surface area contributed by atoms with Crippen molar-refractivity contribution < 1.29 is 41.8 Å². The molecular weight excluding hydrogens is 517 g/mol. The average molecular weight is 557 g/mol. The fraction of sp³-hybridized carbons (Fsp3) is 0.679. The van der Waals surface area contributed by atoms with Gasteiger partial charge in [-0.15, -0.1) is 0 Å². The first-order valence-corrected chi connectivity index (χ1v) is 13.4. The van der Waals surface area contributed by atoms with Gasteiger partial charge in [-0.3, -0.25) is 4.79 Å². The van der Waals surface area contributed by atoms with Crippen molar-refractivity contribution in [3.05, 3.63) is 35.9 Å². The van der Waals surface area contributed by atoms with Gasteiger partial charge in [-0.2, -0.15) is 13.2 Å². The van der Waals surface area contributed by atoms with Gasteiger partial charge >= 0.3 is 18.2 Å². The number of hydrogen-bond acceptors (Lipinski definition) is 6. The van der Waals surface area contributed by atoms with Gasteiger partial charge in [0.2, 0.25) is 0 Å². The summed E-state index contributed by atoms with van der Waals surface area (Å²) < 4.78 is 57.5. The Balaban J connectivity index is 1.70. The molecule has 11 heteroatoms. The Kier molecular flexibility index (Phi) is 10.4. The quantitative estimate of drug-likeness (QED) is 0.433. The molecule has 1 aliphatic heterocycles. The molecule has 1 saturated carbocycles. The molecule has 0 radical (unpaired) electrons. The van der Waals surface area contributed by atoms with E-state index in [-0.39, 0.29) is 38.2 Å². The van der Waals surface area contributed by atoms with E-state index < -0.39 is 41.8 Å². The predicted octanol–water partition coefficient (Wildman–Crippen LogP) is 4.94. The molecule has 0 spiro atoms. The Morgan fingerprint density at radius 3 is 2.23 bits per heavy atom. The highest BCUT2D eigenvalue weighted by molar-refractivity contribution is 5.83. The molecule has 2 fully saturated rings. The predicted molar refractivity (Wildman–Crippen MR) is 137 cm³/mol. The third kappa shape index (κ3) is 8.93. The fourth-order valence-electron chi connectivity index (χ4n) is 5.24. The SMILES string of the molecule is CC(C)(C)OC(=O)N1CCCC(CC=O)(NC(=O)C(F)(F)F)C1COC1CCC(OCc2ccccc2)CC1. The van der Waals surface area contributed by atoms with Gasteiger partial charge in [0.05, 0.1) is 37.0 Å². The van der Waals surface area contributed by atoms with E-state index in [9.17, 15) is 27.6 Å². The Bertz CT molecular complexity index is 960. The number of benzene rings is 1. The molecule has 1 aromatic rings. The fourth-order valence-corrected chi connectivity index (χ4v) is 5.24. The second-order valence-electron chi connectivity index (χ2n) is 11.3. The van der Waals surface area contributed by atoms with Crippen molar-refractivity contribution >= 4 is 18.3 Å². The molecule has 1 heterocycles. The summed E-state index contributed by atoms with van der Waals surface area (Å²) in [6.07, 6.45) is -2.72. The van der Waals surface area contributed by atoms with Crippen molar-refractivity contribution in [2.75, 3.05) is 13.2 Å². The summed E-state index contributed by atoms with van der Waals surface area (Å²) in [5, 5.41) is 2.05. The third-order valence-electron chi connectivity index (χ3n) is 7.17. The van der Waals surface area contributed by atoms with Crippen molar-refractivity contribution in [1.82, 2.24) is 10.2 Å². The van der Waals surface area contributed by atoms with E-state index in [1.54, 1.807) is 20.8 Å². The van der Waals surface area contributed by atoms with Gasteiger partial charge in [0.15, 0.2) is 0 Å². The number of ether oxygens (including phenoxy) is 3. The summed E-state index contributed by atoms with van der Waals surface area (Å²) in [7, 11) is 0. The Hall–Kier alpha value is -2.66. The number of nitrogens with one attached hydrogen (secondary N) is 1. The zero-order valence-electron chi connectivity index (χ0n) is 22.8.